The fraction of sp³-hybridized carbons (Fsp3) is 0.375. The zero-order valence-corrected chi connectivity index (χ0v) is 18.5. The van der Waals surface area contributed by atoms with E-state index >= 15 is 0 Å². The highest BCUT2D eigenvalue weighted by atomic mass is 16.5. The van der Waals surface area contributed by atoms with Crippen LogP contribution in [-0.2, 0) is 16.8 Å². The Hall–Kier alpha value is -3.15. The van der Waals surface area contributed by atoms with Crippen LogP contribution < -0.4 is 4.74 Å². The van der Waals surface area contributed by atoms with Crippen molar-refractivity contribution in [1.82, 2.24) is 15.1 Å². The number of aryl methyl sites for hydroxylation is 1. The molecule has 0 spiro atoms. The van der Waals surface area contributed by atoms with Gasteiger partial charge in [0, 0.05) is 12.6 Å². The van der Waals surface area contributed by atoms with Crippen LogP contribution >= 0.6 is 0 Å². The number of hydrogen-bond acceptors (Lipinski definition) is 5. The first-order valence-corrected chi connectivity index (χ1v) is 10.0. The van der Waals surface area contributed by atoms with E-state index in [2.05, 4.69) is 43.1 Å². The van der Waals surface area contributed by atoms with E-state index in [9.17, 15) is 4.79 Å². The van der Waals surface area contributed by atoms with E-state index in [1.165, 1.54) is 10.5 Å². The molecule has 0 aliphatic rings. The van der Waals surface area contributed by atoms with Gasteiger partial charge in [-0.1, -0.05) is 50.6 Å². The molecule has 0 unspecified atom stereocenters. The fourth-order valence-corrected chi connectivity index (χ4v) is 3.01. The molecule has 2 aromatic carbocycles. The van der Waals surface area contributed by atoms with E-state index in [4.69, 9.17) is 9.15 Å². The van der Waals surface area contributed by atoms with Crippen molar-refractivity contribution in [2.75, 3.05) is 7.05 Å². The number of rotatable bonds is 6. The second-order valence-electron chi connectivity index (χ2n) is 8.60. The van der Waals surface area contributed by atoms with E-state index < -0.39 is 6.10 Å². The van der Waals surface area contributed by atoms with Gasteiger partial charge in [-0.05, 0) is 49.1 Å². The Balaban J connectivity index is 1.61. The predicted molar refractivity (Wildman–Crippen MR) is 116 cm³/mol. The topological polar surface area (TPSA) is 68.5 Å². The standard InChI is InChI=1S/C24H29N3O3/c1-16-7-13-20(14-8-16)29-17(2)23(28)27(6)15-21-25-26-22(30-21)18-9-11-19(12-10-18)24(3,4)5/h7-14,17H,15H2,1-6H3/t17-/m1/s1. The average molecular weight is 408 g/mol. The summed E-state index contributed by atoms with van der Waals surface area (Å²) in [5.41, 5.74) is 3.31. The molecule has 0 saturated carbocycles. The third-order valence-corrected chi connectivity index (χ3v) is 4.89. The summed E-state index contributed by atoms with van der Waals surface area (Å²) in [6.45, 7) is 10.5. The summed E-state index contributed by atoms with van der Waals surface area (Å²) in [5.74, 6) is 1.32. The quantitative estimate of drug-likeness (QED) is 0.589. The lowest BCUT2D eigenvalue weighted by Gasteiger charge is -2.20. The van der Waals surface area contributed by atoms with Crippen LogP contribution in [-0.4, -0.2) is 34.2 Å². The summed E-state index contributed by atoms with van der Waals surface area (Å²) in [7, 11) is 1.69. The Labute approximate surface area is 177 Å². The largest absolute Gasteiger partial charge is 0.481 e. The lowest BCUT2D eigenvalue weighted by Crippen LogP contribution is -2.37. The van der Waals surface area contributed by atoms with Gasteiger partial charge in [0.05, 0.1) is 6.54 Å². The first kappa shape index (κ1) is 21.6. The van der Waals surface area contributed by atoms with Crippen LogP contribution in [0.3, 0.4) is 0 Å². The van der Waals surface area contributed by atoms with Crippen molar-refractivity contribution < 1.29 is 13.9 Å². The summed E-state index contributed by atoms with van der Waals surface area (Å²) in [6, 6.07) is 15.7. The second-order valence-corrected chi connectivity index (χ2v) is 8.60. The van der Waals surface area contributed by atoms with Crippen LogP contribution in [0.5, 0.6) is 5.75 Å². The molecule has 0 saturated heterocycles. The Morgan fingerprint density at radius 1 is 1.07 bits per heavy atom. The van der Waals surface area contributed by atoms with E-state index in [0.717, 1.165) is 11.1 Å². The number of benzene rings is 2. The van der Waals surface area contributed by atoms with Gasteiger partial charge in [0.2, 0.25) is 11.8 Å². The molecule has 0 radical (unpaired) electrons. The van der Waals surface area contributed by atoms with Gasteiger partial charge in [-0.25, -0.2) is 0 Å². The minimum Gasteiger partial charge on any atom is -0.481 e. The van der Waals surface area contributed by atoms with Crippen LogP contribution in [0.15, 0.2) is 52.9 Å². The molecule has 3 aromatic rings. The Bertz CT molecular complexity index is 986. The van der Waals surface area contributed by atoms with Crippen LogP contribution in [0.2, 0.25) is 0 Å². The number of hydrogen-bond donors (Lipinski definition) is 0. The molecule has 0 aliphatic carbocycles. The zero-order chi connectivity index (χ0) is 21.9. The summed E-state index contributed by atoms with van der Waals surface area (Å²) in [6.07, 6.45) is -0.620. The third-order valence-electron chi connectivity index (χ3n) is 4.89. The number of aromatic nitrogens is 2. The number of amides is 1. The Kier molecular flexibility index (Phi) is 6.25. The van der Waals surface area contributed by atoms with Gasteiger partial charge in [0.15, 0.2) is 6.10 Å². The average Bonchev–Trinajstić information content (AvgIpc) is 3.17. The van der Waals surface area contributed by atoms with Crippen molar-refractivity contribution in [2.45, 2.75) is 52.7 Å². The van der Waals surface area contributed by atoms with Crippen molar-refractivity contribution in [3.63, 3.8) is 0 Å². The maximum absolute atomic E-state index is 12.6. The third kappa shape index (κ3) is 5.26. The highest BCUT2D eigenvalue weighted by Gasteiger charge is 2.21. The smallest absolute Gasteiger partial charge is 0.263 e. The van der Waals surface area contributed by atoms with Crippen molar-refractivity contribution in [3.8, 4) is 17.2 Å². The Morgan fingerprint density at radius 2 is 1.70 bits per heavy atom. The molecule has 0 bridgehead atoms. The highest BCUT2D eigenvalue weighted by Crippen LogP contribution is 2.25. The summed E-state index contributed by atoms with van der Waals surface area (Å²) < 4.78 is 11.5. The molecule has 0 fully saturated rings. The number of ether oxygens (including phenoxy) is 1. The maximum atomic E-state index is 12.6. The lowest BCUT2D eigenvalue weighted by atomic mass is 9.87. The molecule has 6 heteroatoms. The number of nitrogens with zero attached hydrogens (tertiary/aromatic N) is 3. The number of likely N-dealkylation sites (N-methyl/N-ethyl adjacent to an activating group) is 1. The number of carbonyl (C=O) groups is 1. The minimum atomic E-state index is -0.620. The molecule has 1 amide bonds. The summed E-state index contributed by atoms with van der Waals surface area (Å²) in [5, 5.41) is 8.21. The summed E-state index contributed by atoms with van der Waals surface area (Å²) >= 11 is 0. The second kappa shape index (κ2) is 8.69. The monoisotopic (exact) mass is 407 g/mol. The van der Waals surface area contributed by atoms with Gasteiger partial charge < -0.3 is 14.1 Å². The van der Waals surface area contributed by atoms with E-state index in [1.807, 2.05) is 43.3 Å². The van der Waals surface area contributed by atoms with Crippen LogP contribution in [0.25, 0.3) is 11.5 Å². The molecule has 6 nitrogen and oxygen atoms in total. The van der Waals surface area contributed by atoms with Crippen LogP contribution in [0, 0.1) is 6.92 Å². The molecule has 0 aliphatic heterocycles. The molecule has 1 heterocycles. The molecule has 158 valence electrons. The Morgan fingerprint density at radius 3 is 2.30 bits per heavy atom. The van der Waals surface area contributed by atoms with Gasteiger partial charge in [-0.2, -0.15) is 0 Å². The molecule has 1 atom stereocenters. The van der Waals surface area contributed by atoms with E-state index in [0.29, 0.717) is 17.5 Å². The van der Waals surface area contributed by atoms with Gasteiger partial charge in [-0.15, -0.1) is 10.2 Å². The minimum absolute atomic E-state index is 0.0823. The lowest BCUT2D eigenvalue weighted by molar-refractivity contribution is -0.137. The van der Waals surface area contributed by atoms with Crippen molar-refractivity contribution in [3.05, 3.63) is 65.5 Å². The van der Waals surface area contributed by atoms with E-state index in [-0.39, 0.29) is 17.9 Å². The van der Waals surface area contributed by atoms with Gasteiger partial charge in [0.1, 0.15) is 5.75 Å². The number of carbonyl (C=O) groups excluding carboxylic acids is 1. The summed E-state index contributed by atoms with van der Waals surface area (Å²) in [4.78, 5) is 14.2. The van der Waals surface area contributed by atoms with Crippen molar-refractivity contribution in [2.24, 2.45) is 0 Å². The highest BCUT2D eigenvalue weighted by molar-refractivity contribution is 5.80. The van der Waals surface area contributed by atoms with Crippen molar-refractivity contribution in [1.29, 1.82) is 0 Å². The predicted octanol–water partition coefficient (Wildman–Crippen LogP) is 4.77. The maximum Gasteiger partial charge on any atom is 0.263 e. The normalized spacial score (nSPS) is 12.5. The molecule has 1 aromatic heterocycles. The van der Waals surface area contributed by atoms with Crippen LogP contribution in [0.4, 0.5) is 0 Å². The first-order chi connectivity index (χ1) is 14.1. The van der Waals surface area contributed by atoms with Gasteiger partial charge in [-0.3, -0.25) is 4.79 Å². The van der Waals surface area contributed by atoms with Crippen molar-refractivity contribution >= 4 is 5.91 Å². The molecule has 0 N–H and O–H groups in total. The zero-order valence-electron chi connectivity index (χ0n) is 18.5. The molecule has 3 rings (SSSR count). The molecular formula is C24H29N3O3. The first-order valence-electron chi connectivity index (χ1n) is 10.0. The van der Waals surface area contributed by atoms with Gasteiger partial charge >= 0.3 is 0 Å². The van der Waals surface area contributed by atoms with Gasteiger partial charge in [0.25, 0.3) is 5.91 Å². The molecular weight excluding hydrogens is 378 g/mol. The van der Waals surface area contributed by atoms with Crippen LogP contribution in [0.1, 0.15) is 44.7 Å². The fourth-order valence-electron chi connectivity index (χ4n) is 3.01. The molecule has 30 heavy (non-hydrogen) atoms. The van der Waals surface area contributed by atoms with E-state index in [1.54, 1.807) is 14.0 Å². The SMILES string of the molecule is Cc1ccc(O[C@H](C)C(=O)N(C)Cc2nnc(-c3ccc(C(C)(C)C)cc3)o2)cc1.